The van der Waals surface area contributed by atoms with Crippen molar-refractivity contribution in [3.63, 3.8) is 0 Å². The summed E-state index contributed by atoms with van der Waals surface area (Å²) < 4.78 is 0. The van der Waals surface area contributed by atoms with E-state index in [1.165, 1.54) is 11.1 Å². The third-order valence-electron chi connectivity index (χ3n) is 2.79. The lowest BCUT2D eigenvalue weighted by Crippen LogP contribution is -2.35. The van der Waals surface area contributed by atoms with E-state index in [-0.39, 0.29) is 12.1 Å². The number of aliphatic hydroxyl groups excluding tert-OH is 1. The van der Waals surface area contributed by atoms with Gasteiger partial charge in [-0.1, -0.05) is 32.0 Å². The molecule has 1 aromatic carbocycles. The van der Waals surface area contributed by atoms with E-state index in [0.29, 0.717) is 5.92 Å². The molecule has 16 heavy (non-hydrogen) atoms. The van der Waals surface area contributed by atoms with Crippen molar-refractivity contribution >= 4 is 5.69 Å². The van der Waals surface area contributed by atoms with Crippen LogP contribution < -0.4 is 5.32 Å². The van der Waals surface area contributed by atoms with Crippen molar-refractivity contribution in [1.82, 2.24) is 0 Å². The number of rotatable bonds is 4. The van der Waals surface area contributed by atoms with Crippen molar-refractivity contribution in [2.24, 2.45) is 0 Å². The molecular weight excluding hydrogens is 198 g/mol. The zero-order chi connectivity index (χ0) is 12.3. The Morgan fingerprint density at radius 3 is 2.44 bits per heavy atom. The van der Waals surface area contributed by atoms with Crippen LogP contribution in [0.5, 0.6) is 0 Å². The van der Waals surface area contributed by atoms with E-state index in [9.17, 15) is 5.11 Å². The number of hydrogen-bond donors (Lipinski definition) is 2. The number of aryl methyl sites for hydroxylation is 1. The fraction of sp³-hybridized carbons (Fsp3) is 0.571. The number of nitrogens with one attached hydrogen (secondary N) is 1. The Morgan fingerprint density at radius 1 is 1.31 bits per heavy atom. The van der Waals surface area contributed by atoms with Gasteiger partial charge in [0.1, 0.15) is 0 Å². The molecule has 0 spiro atoms. The van der Waals surface area contributed by atoms with Gasteiger partial charge in [-0.25, -0.2) is 0 Å². The van der Waals surface area contributed by atoms with Crippen molar-refractivity contribution in [2.75, 3.05) is 11.9 Å². The molecule has 0 aliphatic rings. The fourth-order valence-corrected chi connectivity index (χ4v) is 1.72. The van der Waals surface area contributed by atoms with Crippen LogP contribution in [-0.4, -0.2) is 17.3 Å². The van der Waals surface area contributed by atoms with Crippen molar-refractivity contribution in [3.8, 4) is 0 Å². The van der Waals surface area contributed by atoms with E-state index in [1.54, 1.807) is 0 Å². The second-order valence-corrected chi connectivity index (χ2v) is 5.36. The Balaban J connectivity index is 3.11. The number of para-hydroxylation sites is 1. The minimum Gasteiger partial charge on any atom is -0.394 e. The van der Waals surface area contributed by atoms with Crippen LogP contribution in [0.3, 0.4) is 0 Å². The summed E-state index contributed by atoms with van der Waals surface area (Å²) in [4.78, 5) is 0. The monoisotopic (exact) mass is 221 g/mol. The van der Waals surface area contributed by atoms with E-state index in [0.717, 1.165) is 5.69 Å². The van der Waals surface area contributed by atoms with Gasteiger partial charge in [0.05, 0.1) is 12.1 Å². The maximum absolute atomic E-state index is 9.31. The number of benzene rings is 1. The van der Waals surface area contributed by atoms with Crippen LogP contribution in [0.2, 0.25) is 0 Å². The third-order valence-corrected chi connectivity index (χ3v) is 2.79. The summed E-state index contributed by atoms with van der Waals surface area (Å²) >= 11 is 0. The first-order valence-electron chi connectivity index (χ1n) is 5.86. The molecule has 0 saturated heterocycles. The highest BCUT2D eigenvalue weighted by Gasteiger charge is 2.19. The average molecular weight is 221 g/mol. The molecular formula is C14H23NO. The van der Waals surface area contributed by atoms with Crippen LogP contribution in [0.25, 0.3) is 0 Å². The summed E-state index contributed by atoms with van der Waals surface area (Å²) in [5, 5.41) is 12.7. The number of anilines is 1. The normalized spacial score (nSPS) is 11.9. The standard InChI is InChI=1S/C14H23NO/c1-10(2)12-8-6-7-11(3)13(12)15-14(4,5)9-16/h6-8,10,15-16H,9H2,1-5H3. The lowest BCUT2D eigenvalue weighted by molar-refractivity contribution is 0.234. The Labute approximate surface area is 98.7 Å². The topological polar surface area (TPSA) is 32.3 Å². The van der Waals surface area contributed by atoms with E-state index >= 15 is 0 Å². The molecule has 2 heteroatoms. The third kappa shape index (κ3) is 2.99. The lowest BCUT2D eigenvalue weighted by atomic mass is 9.96. The van der Waals surface area contributed by atoms with Crippen LogP contribution in [0.1, 0.15) is 44.7 Å². The van der Waals surface area contributed by atoms with Gasteiger partial charge < -0.3 is 10.4 Å². The zero-order valence-corrected chi connectivity index (χ0v) is 11.0. The molecule has 0 saturated carbocycles. The van der Waals surface area contributed by atoms with Crippen LogP contribution in [0, 0.1) is 6.92 Å². The van der Waals surface area contributed by atoms with Gasteiger partial charge in [-0.2, -0.15) is 0 Å². The SMILES string of the molecule is Cc1cccc(C(C)C)c1NC(C)(C)CO. The predicted octanol–water partition coefficient (Wildman–Crippen LogP) is 3.30. The highest BCUT2D eigenvalue weighted by molar-refractivity contribution is 5.59. The molecule has 0 aliphatic heterocycles. The molecule has 0 aliphatic carbocycles. The average Bonchev–Trinajstić information content (AvgIpc) is 2.20. The van der Waals surface area contributed by atoms with Crippen LogP contribution in [-0.2, 0) is 0 Å². The summed E-state index contributed by atoms with van der Waals surface area (Å²) in [5.74, 6) is 0.483. The summed E-state index contributed by atoms with van der Waals surface area (Å²) in [5.41, 5.74) is 3.42. The summed E-state index contributed by atoms with van der Waals surface area (Å²) in [6, 6.07) is 6.33. The first kappa shape index (κ1) is 13.0. The van der Waals surface area contributed by atoms with Gasteiger partial charge in [0, 0.05) is 5.69 Å². The van der Waals surface area contributed by atoms with Gasteiger partial charge in [-0.15, -0.1) is 0 Å². The van der Waals surface area contributed by atoms with E-state index in [2.05, 4.69) is 44.3 Å². The molecule has 0 aromatic heterocycles. The van der Waals surface area contributed by atoms with Gasteiger partial charge in [-0.3, -0.25) is 0 Å². The molecule has 0 atom stereocenters. The highest BCUT2D eigenvalue weighted by atomic mass is 16.3. The minimum absolute atomic E-state index is 0.124. The quantitative estimate of drug-likeness (QED) is 0.817. The summed E-state index contributed by atoms with van der Waals surface area (Å²) in [6.45, 7) is 10.6. The molecule has 0 fully saturated rings. The van der Waals surface area contributed by atoms with Crippen molar-refractivity contribution < 1.29 is 5.11 Å². The van der Waals surface area contributed by atoms with Crippen LogP contribution in [0.15, 0.2) is 18.2 Å². The van der Waals surface area contributed by atoms with Gasteiger partial charge in [-0.05, 0) is 37.8 Å². The Hall–Kier alpha value is -1.02. The smallest absolute Gasteiger partial charge is 0.0656 e. The Kier molecular flexibility index (Phi) is 3.98. The Morgan fingerprint density at radius 2 is 1.94 bits per heavy atom. The maximum atomic E-state index is 9.31. The largest absolute Gasteiger partial charge is 0.394 e. The maximum Gasteiger partial charge on any atom is 0.0656 e. The fourth-order valence-electron chi connectivity index (χ4n) is 1.72. The molecule has 0 heterocycles. The molecule has 0 unspecified atom stereocenters. The number of hydrogen-bond acceptors (Lipinski definition) is 2. The lowest BCUT2D eigenvalue weighted by Gasteiger charge is -2.28. The molecule has 1 rings (SSSR count). The second kappa shape index (κ2) is 4.88. The van der Waals surface area contributed by atoms with Gasteiger partial charge in [0.15, 0.2) is 0 Å². The van der Waals surface area contributed by atoms with Crippen LogP contribution >= 0.6 is 0 Å². The molecule has 0 bridgehead atoms. The number of aliphatic hydroxyl groups is 1. The van der Waals surface area contributed by atoms with Gasteiger partial charge >= 0.3 is 0 Å². The molecule has 2 N–H and O–H groups in total. The van der Waals surface area contributed by atoms with Crippen molar-refractivity contribution in [1.29, 1.82) is 0 Å². The molecule has 1 aromatic rings. The van der Waals surface area contributed by atoms with Crippen molar-refractivity contribution in [3.05, 3.63) is 29.3 Å². The summed E-state index contributed by atoms with van der Waals surface area (Å²) in [7, 11) is 0. The van der Waals surface area contributed by atoms with Crippen molar-refractivity contribution in [2.45, 2.75) is 46.1 Å². The molecule has 0 radical (unpaired) electrons. The zero-order valence-electron chi connectivity index (χ0n) is 11.0. The second-order valence-electron chi connectivity index (χ2n) is 5.36. The predicted molar refractivity (Wildman–Crippen MR) is 70.1 cm³/mol. The Bertz CT molecular complexity index is 356. The van der Waals surface area contributed by atoms with E-state index in [4.69, 9.17) is 0 Å². The molecule has 90 valence electrons. The van der Waals surface area contributed by atoms with Gasteiger partial charge in [0.25, 0.3) is 0 Å². The first-order chi connectivity index (χ1) is 7.37. The molecule has 2 nitrogen and oxygen atoms in total. The van der Waals surface area contributed by atoms with Crippen LogP contribution in [0.4, 0.5) is 5.69 Å². The first-order valence-corrected chi connectivity index (χ1v) is 5.86. The van der Waals surface area contributed by atoms with Gasteiger partial charge in [0.2, 0.25) is 0 Å². The molecule has 0 amide bonds. The minimum atomic E-state index is -0.282. The van der Waals surface area contributed by atoms with E-state index in [1.807, 2.05) is 13.8 Å². The summed E-state index contributed by atoms with van der Waals surface area (Å²) in [6.07, 6.45) is 0. The van der Waals surface area contributed by atoms with E-state index < -0.39 is 0 Å². The highest BCUT2D eigenvalue weighted by Crippen LogP contribution is 2.29.